The highest BCUT2D eigenvalue weighted by molar-refractivity contribution is 7.89. The topological polar surface area (TPSA) is 214 Å². The van der Waals surface area contributed by atoms with Gasteiger partial charge in [0.25, 0.3) is 11.4 Å². The second-order valence-corrected chi connectivity index (χ2v) is 13.2. The molecule has 9 N–H and O–H groups in total. The van der Waals surface area contributed by atoms with Crippen molar-refractivity contribution >= 4 is 49.8 Å². The molecule has 234 valence electrons. The van der Waals surface area contributed by atoms with E-state index in [-0.39, 0.29) is 29.1 Å². The lowest BCUT2D eigenvalue weighted by molar-refractivity contribution is -0.122. The highest BCUT2D eigenvalue weighted by Crippen LogP contribution is 2.31. The molecule has 0 saturated carbocycles. The zero-order valence-corrected chi connectivity index (χ0v) is 25.5. The summed E-state index contributed by atoms with van der Waals surface area (Å²) >= 11 is -2.61. The highest BCUT2D eigenvalue weighted by Gasteiger charge is 2.31. The Balaban J connectivity index is 0.000000996. The molecule has 1 fully saturated rings. The Morgan fingerprint density at radius 3 is 2.72 bits per heavy atom. The van der Waals surface area contributed by atoms with Crippen LogP contribution >= 0.6 is 0 Å². The van der Waals surface area contributed by atoms with Gasteiger partial charge in [-0.15, -0.1) is 0 Å². The molecular weight excluding hydrogens is 594 g/mol. The van der Waals surface area contributed by atoms with Crippen LogP contribution in [0.25, 0.3) is 10.9 Å². The maximum atomic E-state index is 13.7. The number of nitrogens with one attached hydrogen (secondary N) is 5. The predicted octanol–water partition coefficient (Wildman–Crippen LogP) is 2.06. The molecule has 15 heteroatoms. The standard InChI is InChI=1S/C28H37N7O3S.H2O3S/c1-18-12-20-7-4-10-25(26(20)32-14-18)39(37,38)34-24(13-21-16-31-23-9-3-2-8-22(21)23)27(36)33-15-19-6-5-11-35(17-19)28(29)30;1-4(2)3/h2-4,7-10,16,18-19,24,31-32,34H,5-6,11-15,17H2,1H3,(H3,29,30)(H,33,36);(H2,1,2,3)/t18?,19?,24-;/m1./s1. The van der Waals surface area contributed by atoms with Crippen molar-refractivity contribution < 1.29 is 26.5 Å². The van der Waals surface area contributed by atoms with Crippen LogP contribution in [0.5, 0.6) is 0 Å². The molecule has 1 aromatic heterocycles. The maximum Gasteiger partial charge on any atom is 0.299 e. The first-order chi connectivity index (χ1) is 20.4. The van der Waals surface area contributed by atoms with Crippen LogP contribution in [-0.2, 0) is 39.0 Å². The smallest absolute Gasteiger partial charge is 0.299 e. The average molecular weight is 634 g/mol. The van der Waals surface area contributed by atoms with E-state index in [0.717, 1.165) is 47.8 Å². The van der Waals surface area contributed by atoms with Crippen LogP contribution in [0, 0.1) is 17.2 Å². The first-order valence-electron chi connectivity index (χ1n) is 14.0. The van der Waals surface area contributed by atoms with Gasteiger partial charge >= 0.3 is 0 Å². The third kappa shape index (κ3) is 8.54. The molecule has 3 atom stereocenters. The van der Waals surface area contributed by atoms with Crippen molar-refractivity contribution in [2.75, 3.05) is 31.5 Å². The van der Waals surface area contributed by atoms with E-state index in [0.29, 0.717) is 31.2 Å². The normalized spacial score (nSPS) is 19.1. The fraction of sp³-hybridized carbons (Fsp3) is 0.429. The summed E-state index contributed by atoms with van der Waals surface area (Å²) in [6.07, 6.45) is 4.61. The lowest BCUT2D eigenvalue weighted by Crippen LogP contribution is -2.51. The van der Waals surface area contributed by atoms with Crippen LogP contribution in [0.1, 0.15) is 30.9 Å². The van der Waals surface area contributed by atoms with Gasteiger partial charge in [-0.05, 0) is 60.8 Å². The van der Waals surface area contributed by atoms with E-state index in [1.807, 2.05) is 36.5 Å². The minimum atomic E-state index is -4.02. The second-order valence-electron chi connectivity index (χ2n) is 11.0. The number of sulfonamides is 1. The fourth-order valence-electron chi connectivity index (χ4n) is 5.67. The number of H-pyrrole nitrogens is 1. The number of hydrogen-bond acceptors (Lipinski definition) is 6. The number of rotatable bonds is 8. The second kappa shape index (κ2) is 14.3. The summed E-state index contributed by atoms with van der Waals surface area (Å²) in [6, 6.07) is 12.0. The number of carbonyl (C=O) groups excluding carboxylic acids is 1. The highest BCUT2D eigenvalue weighted by atomic mass is 32.2. The van der Waals surface area contributed by atoms with Crippen LogP contribution in [0.15, 0.2) is 53.6 Å². The van der Waals surface area contributed by atoms with E-state index in [9.17, 15) is 13.2 Å². The van der Waals surface area contributed by atoms with Gasteiger partial charge in [0, 0.05) is 43.3 Å². The van der Waals surface area contributed by atoms with E-state index >= 15 is 0 Å². The van der Waals surface area contributed by atoms with Crippen molar-refractivity contribution in [2.45, 2.75) is 43.5 Å². The number of piperidine rings is 1. The SMILES string of the molecule is CC1CNc2c(cccc2S(=O)(=O)N[C@H](Cc2c[nH]c3ccccc23)C(=O)NCC2CCCN(C(=N)N)C2)C1.O=S(O)O. The third-order valence-corrected chi connectivity index (χ3v) is 9.25. The van der Waals surface area contributed by atoms with Crippen LogP contribution in [0.2, 0.25) is 0 Å². The Kier molecular flexibility index (Phi) is 10.8. The number of amides is 1. The zero-order valence-electron chi connectivity index (χ0n) is 23.9. The number of benzene rings is 2. The first kappa shape index (κ1) is 32.4. The molecule has 0 aliphatic carbocycles. The Bertz CT molecular complexity index is 1570. The minimum Gasteiger partial charge on any atom is -0.383 e. The summed E-state index contributed by atoms with van der Waals surface area (Å²) < 4.78 is 53.0. The van der Waals surface area contributed by atoms with Crippen molar-refractivity contribution in [3.63, 3.8) is 0 Å². The number of carbonyl (C=O) groups is 1. The molecule has 43 heavy (non-hydrogen) atoms. The number of guanidine groups is 1. The molecule has 2 aliphatic rings. The largest absolute Gasteiger partial charge is 0.383 e. The Hall–Kier alpha value is -3.50. The number of anilines is 1. The average Bonchev–Trinajstić information content (AvgIpc) is 3.37. The Labute approximate surface area is 253 Å². The van der Waals surface area contributed by atoms with Gasteiger partial charge in [-0.25, -0.2) is 8.42 Å². The Morgan fingerprint density at radius 2 is 1.98 bits per heavy atom. The van der Waals surface area contributed by atoms with E-state index in [1.54, 1.807) is 17.0 Å². The van der Waals surface area contributed by atoms with Crippen LogP contribution in [0.3, 0.4) is 0 Å². The summed E-state index contributed by atoms with van der Waals surface area (Å²) in [7, 11) is -4.02. The molecule has 0 bridgehead atoms. The molecule has 1 amide bonds. The third-order valence-electron chi connectivity index (χ3n) is 7.74. The molecule has 5 rings (SSSR count). The number of aromatic amines is 1. The van der Waals surface area contributed by atoms with Crippen LogP contribution in [0.4, 0.5) is 5.69 Å². The van der Waals surface area contributed by atoms with Gasteiger partial charge in [0.15, 0.2) is 5.96 Å². The molecular formula is C28H39N7O6S2. The van der Waals surface area contributed by atoms with Gasteiger partial charge in [-0.3, -0.25) is 19.3 Å². The molecule has 2 unspecified atom stereocenters. The molecule has 0 spiro atoms. The number of aromatic nitrogens is 1. The summed E-state index contributed by atoms with van der Waals surface area (Å²) in [5.74, 6) is 0.187. The van der Waals surface area contributed by atoms with E-state index < -0.39 is 27.4 Å². The van der Waals surface area contributed by atoms with Gasteiger partial charge < -0.3 is 26.3 Å². The number of para-hydroxylation sites is 2. The van der Waals surface area contributed by atoms with Crippen molar-refractivity contribution in [2.24, 2.45) is 17.6 Å². The van der Waals surface area contributed by atoms with Crippen molar-refractivity contribution in [3.8, 4) is 0 Å². The maximum absolute atomic E-state index is 13.7. The molecule has 13 nitrogen and oxygen atoms in total. The lowest BCUT2D eigenvalue weighted by atomic mass is 9.96. The predicted molar refractivity (Wildman–Crippen MR) is 167 cm³/mol. The zero-order chi connectivity index (χ0) is 31.1. The first-order valence-corrected chi connectivity index (χ1v) is 16.6. The van der Waals surface area contributed by atoms with Crippen molar-refractivity contribution in [1.82, 2.24) is 19.9 Å². The number of hydrogen-bond donors (Lipinski definition) is 8. The lowest BCUT2D eigenvalue weighted by Gasteiger charge is -2.33. The number of fused-ring (bicyclic) bond motifs is 2. The fourth-order valence-corrected chi connectivity index (χ4v) is 7.09. The van der Waals surface area contributed by atoms with E-state index in [1.165, 1.54) is 0 Å². The number of nitrogens with two attached hydrogens (primary N) is 1. The van der Waals surface area contributed by atoms with Crippen LogP contribution < -0.4 is 21.1 Å². The van der Waals surface area contributed by atoms with Crippen LogP contribution in [-0.4, -0.2) is 75.7 Å². The van der Waals surface area contributed by atoms with E-state index in [2.05, 4.69) is 27.3 Å². The molecule has 2 aliphatic heterocycles. The van der Waals surface area contributed by atoms with Gasteiger partial charge in [-0.2, -0.15) is 8.93 Å². The minimum absolute atomic E-state index is 0.0326. The van der Waals surface area contributed by atoms with Crippen molar-refractivity contribution in [3.05, 3.63) is 59.8 Å². The number of nitrogens with zero attached hydrogens (tertiary/aromatic N) is 1. The molecule has 1 saturated heterocycles. The Morgan fingerprint density at radius 1 is 1.23 bits per heavy atom. The summed E-state index contributed by atoms with van der Waals surface area (Å²) in [5.41, 5.74) is 9.03. The van der Waals surface area contributed by atoms with Crippen molar-refractivity contribution in [1.29, 1.82) is 5.41 Å². The monoisotopic (exact) mass is 633 g/mol. The summed E-state index contributed by atoms with van der Waals surface area (Å²) in [4.78, 5) is 18.7. The number of likely N-dealkylation sites (tertiary alicyclic amines) is 1. The van der Waals surface area contributed by atoms with Gasteiger partial charge in [-0.1, -0.05) is 37.3 Å². The van der Waals surface area contributed by atoms with E-state index in [4.69, 9.17) is 24.5 Å². The summed E-state index contributed by atoms with van der Waals surface area (Å²) in [5, 5.41) is 14.9. The van der Waals surface area contributed by atoms with Gasteiger partial charge in [0.2, 0.25) is 15.9 Å². The molecule has 2 aromatic carbocycles. The molecule has 0 radical (unpaired) electrons. The molecule has 3 heterocycles. The van der Waals surface area contributed by atoms with Gasteiger partial charge in [0.1, 0.15) is 10.9 Å². The van der Waals surface area contributed by atoms with Gasteiger partial charge in [0.05, 0.1) is 5.69 Å². The quantitative estimate of drug-likeness (QED) is 0.103. The molecule has 3 aromatic rings. The summed E-state index contributed by atoms with van der Waals surface area (Å²) in [6.45, 7) is 4.52.